The molecule has 1 aliphatic rings. The molecule has 1 aromatic rings. The van der Waals surface area contributed by atoms with Gasteiger partial charge < -0.3 is 20.5 Å². The number of hydrogen-bond donors (Lipinski definition) is 3. The number of carbonyl (C=O) groups excluding carboxylic acids is 1. The van der Waals surface area contributed by atoms with Crippen LogP contribution in [0.4, 0.5) is 9.18 Å². The van der Waals surface area contributed by atoms with Crippen LogP contribution in [-0.2, 0) is 16.1 Å². The number of benzene rings is 1. The van der Waals surface area contributed by atoms with Crippen molar-refractivity contribution in [3.63, 3.8) is 0 Å². The maximum absolute atomic E-state index is 13.4. The summed E-state index contributed by atoms with van der Waals surface area (Å²) < 4.78 is 18.5. The second-order valence-corrected chi connectivity index (χ2v) is 5.21. The van der Waals surface area contributed by atoms with E-state index < -0.39 is 29.3 Å². The topological polar surface area (TPSA) is 87.7 Å². The number of nitrogens with one attached hydrogen (secondary N) is 2. The molecule has 1 heterocycles. The molecular formula is C14H17FN2O4. The first kappa shape index (κ1) is 15.2. The van der Waals surface area contributed by atoms with Crippen LogP contribution in [0.3, 0.4) is 0 Å². The highest BCUT2D eigenvalue weighted by Crippen LogP contribution is 2.28. The molecule has 21 heavy (non-hydrogen) atoms. The van der Waals surface area contributed by atoms with Crippen molar-refractivity contribution in [2.75, 3.05) is 13.2 Å². The highest BCUT2D eigenvalue weighted by Gasteiger charge is 2.47. The van der Waals surface area contributed by atoms with Crippen LogP contribution in [0.15, 0.2) is 24.3 Å². The smallest absolute Gasteiger partial charge is 0.315 e. The number of rotatable bonds is 4. The third-order valence-corrected chi connectivity index (χ3v) is 3.65. The molecule has 2 rings (SSSR count). The molecule has 6 nitrogen and oxygen atoms in total. The van der Waals surface area contributed by atoms with E-state index in [-0.39, 0.29) is 19.8 Å². The van der Waals surface area contributed by atoms with Gasteiger partial charge in [0.1, 0.15) is 11.2 Å². The van der Waals surface area contributed by atoms with Gasteiger partial charge in [-0.3, -0.25) is 4.79 Å². The van der Waals surface area contributed by atoms with Crippen LogP contribution in [0.2, 0.25) is 0 Å². The van der Waals surface area contributed by atoms with E-state index in [1.807, 2.05) is 0 Å². The van der Waals surface area contributed by atoms with Crippen molar-refractivity contribution in [1.29, 1.82) is 0 Å². The number of ether oxygens (including phenoxy) is 1. The summed E-state index contributed by atoms with van der Waals surface area (Å²) >= 11 is 0. The summed E-state index contributed by atoms with van der Waals surface area (Å²) in [6.07, 6.45) is 0. The van der Waals surface area contributed by atoms with E-state index in [0.717, 1.165) is 0 Å². The predicted octanol–water partition coefficient (Wildman–Crippen LogP) is 1.11. The largest absolute Gasteiger partial charge is 0.481 e. The Hall–Kier alpha value is -2.15. The lowest BCUT2D eigenvalue weighted by Gasteiger charge is -2.25. The standard InChI is InChI=1S/C14H17FN2O4/c1-14(12(18)19)8-21-7-11(14)17-13(20)16-6-9-4-2-3-5-10(9)15/h2-5,11H,6-8H2,1H3,(H,18,19)(H2,16,17,20). The molecule has 0 saturated carbocycles. The first-order valence-electron chi connectivity index (χ1n) is 6.52. The molecule has 1 saturated heterocycles. The number of amides is 2. The van der Waals surface area contributed by atoms with E-state index in [1.54, 1.807) is 18.2 Å². The summed E-state index contributed by atoms with van der Waals surface area (Å²) in [5.41, 5.74) is -0.800. The number of carbonyl (C=O) groups is 2. The molecule has 3 N–H and O–H groups in total. The van der Waals surface area contributed by atoms with E-state index in [1.165, 1.54) is 13.0 Å². The zero-order chi connectivity index (χ0) is 15.5. The number of hydrogen-bond acceptors (Lipinski definition) is 3. The number of urea groups is 1. The van der Waals surface area contributed by atoms with Crippen LogP contribution in [0.25, 0.3) is 0 Å². The summed E-state index contributed by atoms with van der Waals surface area (Å²) in [6, 6.07) is 4.92. The molecule has 0 spiro atoms. The molecule has 1 aliphatic heterocycles. The third kappa shape index (κ3) is 3.30. The molecule has 0 bridgehead atoms. The van der Waals surface area contributed by atoms with E-state index in [0.29, 0.717) is 5.56 Å². The van der Waals surface area contributed by atoms with E-state index >= 15 is 0 Å². The molecule has 0 aliphatic carbocycles. The first-order valence-corrected chi connectivity index (χ1v) is 6.52. The van der Waals surface area contributed by atoms with Gasteiger partial charge in [0, 0.05) is 12.1 Å². The normalized spacial score (nSPS) is 24.6. The molecule has 1 aromatic carbocycles. The van der Waals surface area contributed by atoms with Crippen molar-refractivity contribution < 1.29 is 23.8 Å². The molecule has 2 amide bonds. The first-order chi connectivity index (χ1) is 9.93. The second kappa shape index (κ2) is 6.09. The van der Waals surface area contributed by atoms with Gasteiger partial charge in [0.25, 0.3) is 0 Å². The number of carboxylic acid groups (broad SMARTS) is 1. The lowest BCUT2D eigenvalue weighted by molar-refractivity contribution is -0.148. The van der Waals surface area contributed by atoms with E-state index in [9.17, 15) is 19.1 Å². The van der Waals surface area contributed by atoms with E-state index in [4.69, 9.17) is 4.74 Å². The highest BCUT2D eigenvalue weighted by molar-refractivity contribution is 5.79. The fourth-order valence-corrected chi connectivity index (χ4v) is 2.11. The van der Waals surface area contributed by atoms with Gasteiger partial charge in [0.2, 0.25) is 0 Å². The Balaban J connectivity index is 1.90. The summed E-state index contributed by atoms with van der Waals surface area (Å²) in [5, 5.41) is 14.3. The summed E-state index contributed by atoms with van der Waals surface area (Å²) in [5.74, 6) is -1.43. The second-order valence-electron chi connectivity index (χ2n) is 5.21. The predicted molar refractivity (Wildman–Crippen MR) is 72.1 cm³/mol. The molecule has 2 atom stereocenters. The van der Waals surface area contributed by atoms with Gasteiger partial charge in [-0.15, -0.1) is 0 Å². The van der Waals surface area contributed by atoms with Crippen molar-refractivity contribution in [2.45, 2.75) is 19.5 Å². The van der Waals surface area contributed by atoms with Gasteiger partial charge in [-0.05, 0) is 13.0 Å². The SMILES string of the molecule is CC1(C(=O)O)COCC1NC(=O)NCc1ccccc1F. The number of aliphatic carboxylic acids is 1. The Bertz CT molecular complexity index is 552. The molecular weight excluding hydrogens is 279 g/mol. The van der Waals surface area contributed by atoms with E-state index in [2.05, 4.69) is 10.6 Å². The summed E-state index contributed by atoms with van der Waals surface area (Å²) in [7, 11) is 0. The minimum absolute atomic E-state index is 0.0237. The maximum atomic E-state index is 13.4. The number of carboxylic acids is 1. The van der Waals surface area contributed by atoms with Crippen LogP contribution >= 0.6 is 0 Å². The van der Waals surface area contributed by atoms with Gasteiger partial charge in [-0.25, -0.2) is 9.18 Å². The molecule has 1 fully saturated rings. The number of halogens is 1. The molecule has 7 heteroatoms. The lowest BCUT2D eigenvalue weighted by atomic mass is 9.85. The average Bonchev–Trinajstić information content (AvgIpc) is 2.81. The van der Waals surface area contributed by atoms with Gasteiger partial charge in [0.15, 0.2) is 0 Å². The Morgan fingerprint density at radius 2 is 2.19 bits per heavy atom. The van der Waals surface area contributed by atoms with Gasteiger partial charge >= 0.3 is 12.0 Å². The van der Waals surface area contributed by atoms with Crippen molar-refractivity contribution >= 4 is 12.0 Å². The van der Waals surface area contributed by atoms with Gasteiger partial charge in [0.05, 0.1) is 19.3 Å². The summed E-state index contributed by atoms with van der Waals surface area (Å²) in [6.45, 7) is 1.72. The molecule has 0 aromatic heterocycles. The molecule has 114 valence electrons. The van der Waals surface area contributed by atoms with Crippen molar-refractivity contribution in [2.24, 2.45) is 5.41 Å². The zero-order valence-corrected chi connectivity index (χ0v) is 11.6. The highest BCUT2D eigenvalue weighted by atomic mass is 19.1. The Labute approximate surface area is 121 Å². The minimum Gasteiger partial charge on any atom is -0.481 e. The minimum atomic E-state index is -1.16. The lowest BCUT2D eigenvalue weighted by Crippen LogP contribution is -2.52. The summed E-state index contributed by atoms with van der Waals surface area (Å²) in [4.78, 5) is 23.0. The van der Waals surface area contributed by atoms with Crippen LogP contribution in [0.1, 0.15) is 12.5 Å². The van der Waals surface area contributed by atoms with Crippen molar-refractivity contribution in [3.05, 3.63) is 35.6 Å². The fourth-order valence-electron chi connectivity index (χ4n) is 2.11. The maximum Gasteiger partial charge on any atom is 0.315 e. The van der Waals surface area contributed by atoms with Crippen molar-refractivity contribution in [3.8, 4) is 0 Å². The zero-order valence-electron chi connectivity index (χ0n) is 11.6. The van der Waals surface area contributed by atoms with Crippen LogP contribution in [0, 0.1) is 11.2 Å². The quantitative estimate of drug-likeness (QED) is 0.777. The Morgan fingerprint density at radius 3 is 2.86 bits per heavy atom. The van der Waals surface area contributed by atoms with Crippen molar-refractivity contribution in [1.82, 2.24) is 10.6 Å². The van der Waals surface area contributed by atoms with Gasteiger partial charge in [-0.2, -0.15) is 0 Å². The average molecular weight is 296 g/mol. The van der Waals surface area contributed by atoms with Crippen LogP contribution in [-0.4, -0.2) is 36.4 Å². The van der Waals surface area contributed by atoms with Gasteiger partial charge in [-0.1, -0.05) is 18.2 Å². The fraction of sp³-hybridized carbons (Fsp3) is 0.429. The molecule has 0 radical (unpaired) electrons. The third-order valence-electron chi connectivity index (χ3n) is 3.65. The molecule has 2 unspecified atom stereocenters. The van der Waals surface area contributed by atoms with Crippen LogP contribution < -0.4 is 10.6 Å². The van der Waals surface area contributed by atoms with Crippen LogP contribution in [0.5, 0.6) is 0 Å². The Kier molecular flexibility index (Phi) is 4.42. The monoisotopic (exact) mass is 296 g/mol. The Morgan fingerprint density at radius 1 is 1.48 bits per heavy atom.